The molecule has 1 rings (SSSR count). The minimum absolute atomic E-state index is 0.364. The highest BCUT2D eigenvalue weighted by Gasteiger charge is 2.38. The average Bonchev–Trinajstić information content (AvgIpc) is 2.25. The second-order valence-electron chi connectivity index (χ2n) is 5.57. The van der Waals surface area contributed by atoms with E-state index in [1.165, 1.54) is 13.0 Å². The summed E-state index contributed by atoms with van der Waals surface area (Å²) < 4.78 is 5.09. The van der Waals surface area contributed by atoms with Crippen LogP contribution in [0.25, 0.3) is 0 Å². The van der Waals surface area contributed by atoms with E-state index in [1.807, 2.05) is 0 Å². The van der Waals surface area contributed by atoms with Gasteiger partial charge < -0.3 is 15.2 Å². The number of amides is 1. The monoisotopic (exact) mass is 299 g/mol. The zero-order valence-corrected chi connectivity index (χ0v) is 12.6. The van der Waals surface area contributed by atoms with Crippen molar-refractivity contribution in [2.24, 2.45) is 0 Å². The molecule has 6 heteroatoms. The molecule has 1 unspecified atom stereocenters. The smallest absolute Gasteiger partial charge is 0.408 e. The van der Waals surface area contributed by atoms with Crippen molar-refractivity contribution in [1.82, 2.24) is 5.32 Å². The van der Waals surface area contributed by atoms with Gasteiger partial charge in [-0.05, 0) is 45.4 Å². The third-order valence-electron chi connectivity index (χ3n) is 2.58. The molecular weight excluding hydrogens is 282 g/mol. The summed E-state index contributed by atoms with van der Waals surface area (Å²) in [6.07, 6.45) is -0.803. The Kier molecular flexibility index (Phi) is 4.65. The molecule has 0 saturated carbocycles. The van der Waals surface area contributed by atoms with Gasteiger partial charge in [0.1, 0.15) is 5.60 Å². The number of carbonyl (C=O) groups is 2. The number of rotatable bonds is 3. The number of hydrogen-bond donors (Lipinski definition) is 2. The van der Waals surface area contributed by atoms with E-state index in [0.29, 0.717) is 10.6 Å². The molecule has 0 aliphatic heterocycles. The Hall–Kier alpha value is -1.75. The summed E-state index contributed by atoms with van der Waals surface area (Å²) >= 11 is 5.86. The summed E-state index contributed by atoms with van der Waals surface area (Å²) in [6, 6.07) is 6.32. The minimum Gasteiger partial charge on any atom is -0.479 e. The Labute approximate surface area is 122 Å². The van der Waals surface area contributed by atoms with Gasteiger partial charge in [-0.2, -0.15) is 0 Å². The van der Waals surface area contributed by atoms with Gasteiger partial charge in [0.25, 0.3) is 0 Å². The highest BCUT2D eigenvalue weighted by atomic mass is 35.5. The largest absolute Gasteiger partial charge is 0.479 e. The van der Waals surface area contributed by atoms with E-state index in [1.54, 1.807) is 39.0 Å². The van der Waals surface area contributed by atoms with Gasteiger partial charge in [-0.3, -0.25) is 0 Å². The number of hydrogen-bond acceptors (Lipinski definition) is 3. The van der Waals surface area contributed by atoms with Crippen molar-refractivity contribution in [3.8, 4) is 0 Å². The molecule has 5 nitrogen and oxygen atoms in total. The van der Waals surface area contributed by atoms with Crippen LogP contribution in [0, 0.1) is 0 Å². The first-order valence-corrected chi connectivity index (χ1v) is 6.43. The summed E-state index contributed by atoms with van der Waals surface area (Å²) in [4.78, 5) is 23.3. The van der Waals surface area contributed by atoms with Gasteiger partial charge in [0.15, 0.2) is 5.54 Å². The predicted octanol–water partition coefficient (Wildman–Crippen LogP) is 3.16. The topological polar surface area (TPSA) is 75.6 Å². The Bertz CT molecular complexity index is 524. The molecule has 2 N–H and O–H groups in total. The van der Waals surface area contributed by atoms with E-state index in [4.69, 9.17) is 16.3 Å². The summed E-state index contributed by atoms with van der Waals surface area (Å²) in [6.45, 7) is 6.48. The Morgan fingerprint density at radius 3 is 2.30 bits per heavy atom. The number of carboxylic acid groups (broad SMARTS) is 1. The molecular formula is C14H18ClNO4. The van der Waals surface area contributed by atoms with Crippen LogP contribution in [0.5, 0.6) is 0 Å². The van der Waals surface area contributed by atoms with E-state index in [2.05, 4.69) is 5.32 Å². The third kappa shape index (κ3) is 4.13. The highest BCUT2D eigenvalue weighted by molar-refractivity contribution is 6.30. The van der Waals surface area contributed by atoms with E-state index in [9.17, 15) is 14.7 Å². The first-order chi connectivity index (χ1) is 9.04. The lowest BCUT2D eigenvalue weighted by Crippen LogP contribution is -2.51. The average molecular weight is 300 g/mol. The van der Waals surface area contributed by atoms with Crippen LogP contribution in [0.4, 0.5) is 4.79 Å². The number of carbonyl (C=O) groups excluding carboxylic acids is 1. The maximum absolute atomic E-state index is 11.8. The van der Waals surface area contributed by atoms with Crippen molar-refractivity contribution in [3.63, 3.8) is 0 Å². The van der Waals surface area contributed by atoms with E-state index in [-0.39, 0.29) is 0 Å². The third-order valence-corrected chi connectivity index (χ3v) is 2.82. The molecule has 0 radical (unpaired) electrons. The standard InChI is InChI=1S/C14H18ClNO4/c1-13(2,3)20-12(19)16-14(4,11(17)18)9-6-5-7-10(15)8-9/h5-8H,1-4H3,(H,16,19)(H,17,18). The van der Waals surface area contributed by atoms with Gasteiger partial charge in [0.05, 0.1) is 0 Å². The summed E-state index contributed by atoms with van der Waals surface area (Å²) in [5.41, 5.74) is -1.96. The minimum atomic E-state index is -1.62. The van der Waals surface area contributed by atoms with Gasteiger partial charge in [0.2, 0.25) is 0 Å². The quantitative estimate of drug-likeness (QED) is 0.899. The number of alkyl carbamates (subject to hydrolysis) is 1. The molecule has 1 atom stereocenters. The molecule has 1 aromatic rings. The molecule has 110 valence electrons. The second kappa shape index (κ2) is 5.71. The highest BCUT2D eigenvalue weighted by Crippen LogP contribution is 2.24. The van der Waals surface area contributed by atoms with Crippen LogP contribution in [0.3, 0.4) is 0 Å². The molecule has 20 heavy (non-hydrogen) atoms. The Balaban J connectivity index is 3.05. The number of carboxylic acids is 1. The van der Waals surface area contributed by atoms with Crippen molar-refractivity contribution in [1.29, 1.82) is 0 Å². The lowest BCUT2D eigenvalue weighted by atomic mass is 9.92. The van der Waals surface area contributed by atoms with Gasteiger partial charge in [-0.1, -0.05) is 23.7 Å². The zero-order valence-electron chi connectivity index (χ0n) is 11.9. The van der Waals surface area contributed by atoms with Crippen molar-refractivity contribution in [3.05, 3.63) is 34.9 Å². The van der Waals surface area contributed by atoms with Crippen LogP contribution in [0.1, 0.15) is 33.3 Å². The first kappa shape index (κ1) is 16.3. The second-order valence-corrected chi connectivity index (χ2v) is 6.00. The van der Waals surface area contributed by atoms with Gasteiger partial charge >= 0.3 is 12.1 Å². The van der Waals surface area contributed by atoms with Gasteiger partial charge in [-0.25, -0.2) is 9.59 Å². The maximum Gasteiger partial charge on any atom is 0.408 e. The van der Waals surface area contributed by atoms with Gasteiger partial charge in [-0.15, -0.1) is 0 Å². The van der Waals surface area contributed by atoms with E-state index < -0.39 is 23.2 Å². The first-order valence-electron chi connectivity index (χ1n) is 6.05. The van der Waals surface area contributed by atoms with Gasteiger partial charge in [0, 0.05) is 5.02 Å². The van der Waals surface area contributed by atoms with Crippen molar-refractivity contribution < 1.29 is 19.4 Å². The fraction of sp³-hybridized carbons (Fsp3) is 0.429. The number of ether oxygens (including phenoxy) is 1. The molecule has 0 spiro atoms. The molecule has 0 aliphatic rings. The summed E-state index contributed by atoms with van der Waals surface area (Å²) in [7, 11) is 0. The van der Waals surface area contributed by atoms with Crippen LogP contribution in [0.15, 0.2) is 24.3 Å². The summed E-state index contributed by atoms with van der Waals surface area (Å²) in [5, 5.41) is 12.2. The predicted molar refractivity (Wildman–Crippen MR) is 75.8 cm³/mol. The number of aliphatic carboxylic acids is 1. The van der Waals surface area contributed by atoms with Crippen LogP contribution >= 0.6 is 11.6 Å². The fourth-order valence-corrected chi connectivity index (χ4v) is 1.75. The normalized spacial score (nSPS) is 14.2. The molecule has 1 amide bonds. The Morgan fingerprint density at radius 2 is 1.85 bits per heavy atom. The molecule has 1 aromatic carbocycles. The number of nitrogens with one attached hydrogen (secondary N) is 1. The van der Waals surface area contributed by atoms with Crippen molar-refractivity contribution in [2.45, 2.75) is 38.8 Å². The lowest BCUT2D eigenvalue weighted by Gasteiger charge is -2.29. The Morgan fingerprint density at radius 1 is 1.25 bits per heavy atom. The fourth-order valence-electron chi connectivity index (χ4n) is 1.56. The molecule has 0 fully saturated rings. The molecule has 0 bridgehead atoms. The van der Waals surface area contributed by atoms with Crippen molar-refractivity contribution in [2.75, 3.05) is 0 Å². The van der Waals surface area contributed by atoms with Crippen molar-refractivity contribution >= 4 is 23.7 Å². The van der Waals surface area contributed by atoms with Crippen LogP contribution < -0.4 is 5.32 Å². The number of halogens is 1. The van der Waals surface area contributed by atoms with E-state index >= 15 is 0 Å². The van der Waals surface area contributed by atoms with E-state index in [0.717, 1.165) is 0 Å². The molecule has 0 aromatic heterocycles. The lowest BCUT2D eigenvalue weighted by molar-refractivity contribution is -0.144. The van der Waals surface area contributed by atoms with Crippen LogP contribution in [-0.2, 0) is 15.1 Å². The molecule has 0 heterocycles. The molecule has 0 saturated heterocycles. The van der Waals surface area contributed by atoms with Crippen LogP contribution in [0.2, 0.25) is 5.02 Å². The molecule has 0 aliphatic carbocycles. The summed E-state index contributed by atoms with van der Waals surface area (Å²) in [5.74, 6) is -1.20. The van der Waals surface area contributed by atoms with Crippen LogP contribution in [-0.4, -0.2) is 22.8 Å². The number of benzene rings is 1. The zero-order chi connectivity index (χ0) is 15.6. The maximum atomic E-state index is 11.8. The SMILES string of the molecule is CC(C)(C)OC(=O)NC(C)(C(=O)O)c1cccc(Cl)c1.